The van der Waals surface area contributed by atoms with E-state index in [1.165, 1.54) is 6.42 Å². The molecule has 0 radical (unpaired) electrons. The average Bonchev–Trinajstić information content (AvgIpc) is 2.52. The Kier molecular flexibility index (Phi) is 5.54. The van der Waals surface area contributed by atoms with Gasteiger partial charge in [0.2, 0.25) is 0 Å². The van der Waals surface area contributed by atoms with E-state index in [0.29, 0.717) is 23.1 Å². The fourth-order valence-corrected chi connectivity index (χ4v) is 2.72. The van der Waals surface area contributed by atoms with E-state index in [9.17, 15) is 4.79 Å². The summed E-state index contributed by atoms with van der Waals surface area (Å²) >= 11 is 0. The van der Waals surface area contributed by atoms with Crippen LogP contribution in [-0.4, -0.2) is 18.2 Å². The van der Waals surface area contributed by atoms with Gasteiger partial charge < -0.3 is 4.74 Å². The van der Waals surface area contributed by atoms with Gasteiger partial charge in [-0.3, -0.25) is 4.79 Å². The van der Waals surface area contributed by atoms with Gasteiger partial charge in [0.15, 0.2) is 6.61 Å². The van der Waals surface area contributed by atoms with Crippen molar-refractivity contribution in [3.8, 4) is 11.8 Å². The third kappa shape index (κ3) is 4.08. The number of hydrogen-bond acceptors (Lipinski definition) is 4. The summed E-state index contributed by atoms with van der Waals surface area (Å²) in [7, 11) is 0. The molecule has 2 atom stereocenters. The van der Waals surface area contributed by atoms with Gasteiger partial charge in [-0.2, -0.15) is 10.4 Å². The molecule has 1 N–H and O–H groups in total. The van der Waals surface area contributed by atoms with Crippen LogP contribution in [0.4, 0.5) is 0 Å². The van der Waals surface area contributed by atoms with Gasteiger partial charge in [0, 0.05) is 5.71 Å². The second-order valence-electron chi connectivity index (χ2n) is 5.70. The van der Waals surface area contributed by atoms with Crippen LogP contribution in [0.1, 0.15) is 38.7 Å². The van der Waals surface area contributed by atoms with Crippen molar-refractivity contribution in [1.82, 2.24) is 5.43 Å². The first kappa shape index (κ1) is 16.0. The van der Waals surface area contributed by atoms with Gasteiger partial charge in [-0.05, 0) is 36.8 Å². The fourth-order valence-electron chi connectivity index (χ4n) is 2.72. The van der Waals surface area contributed by atoms with Crippen molar-refractivity contribution in [1.29, 1.82) is 5.26 Å². The maximum absolute atomic E-state index is 11.8. The Hall–Kier alpha value is -2.35. The second kappa shape index (κ2) is 7.60. The smallest absolute Gasteiger partial charge is 0.277 e. The fraction of sp³-hybridized carbons (Fsp3) is 0.471. The zero-order valence-corrected chi connectivity index (χ0v) is 13.0. The summed E-state index contributed by atoms with van der Waals surface area (Å²) in [5.74, 6) is 0.908. The monoisotopic (exact) mass is 299 g/mol. The predicted octanol–water partition coefficient (Wildman–Crippen LogP) is 2.87. The molecule has 1 amide bonds. The number of carbonyl (C=O) groups excluding carboxylic acids is 1. The first-order chi connectivity index (χ1) is 10.6. The number of ether oxygens (including phenoxy) is 1. The van der Waals surface area contributed by atoms with Gasteiger partial charge >= 0.3 is 0 Å². The highest BCUT2D eigenvalue weighted by Gasteiger charge is 2.23. The minimum absolute atomic E-state index is 0.155. The van der Waals surface area contributed by atoms with E-state index in [-0.39, 0.29) is 12.5 Å². The molecular weight excluding hydrogens is 278 g/mol. The first-order valence-corrected chi connectivity index (χ1v) is 7.60. The molecule has 116 valence electrons. The van der Waals surface area contributed by atoms with Crippen molar-refractivity contribution < 1.29 is 9.53 Å². The lowest BCUT2D eigenvalue weighted by Gasteiger charge is -2.26. The maximum atomic E-state index is 11.8. The van der Waals surface area contributed by atoms with E-state index in [4.69, 9.17) is 10.00 Å². The Morgan fingerprint density at radius 1 is 1.36 bits per heavy atom. The second-order valence-corrected chi connectivity index (χ2v) is 5.70. The minimum atomic E-state index is -0.315. The Labute approximate surface area is 131 Å². The number of hydrogen-bond donors (Lipinski definition) is 1. The average molecular weight is 299 g/mol. The molecule has 0 saturated heterocycles. The number of benzene rings is 1. The number of carbonyl (C=O) groups is 1. The normalized spacial score (nSPS) is 20.9. The molecule has 1 aromatic carbocycles. The maximum Gasteiger partial charge on any atom is 0.277 e. The van der Waals surface area contributed by atoms with Gasteiger partial charge in [0.1, 0.15) is 11.8 Å². The van der Waals surface area contributed by atoms with E-state index in [1.807, 2.05) is 6.07 Å². The third-order valence-electron chi connectivity index (χ3n) is 3.96. The SMILES string of the molecule is C[C@H]1CCC[C@H](C)C1=NNC(=O)COc1ccccc1C#N. The van der Waals surface area contributed by atoms with Crippen LogP contribution in [0.2, 0.25) is 0 Å². The number of para-hydroxylation sites is 1. The summed E-state index contributed by atoms with van der Waals surface area (Å²) in [6.45, 7) is 4.12. The molecule has 5 heteroatoms. The van der Waals surface area contributed by atoms with Gasteiger partial charge in [-0.1, -0.05) is 32.4 Å². The molecule has 1 fully saturated rings. The number of nitrogens with one attached hydrogen (secondary N) is 1. The molecule has 0 bridgehead atoms. The molecule has 0 heterocycles. The molecule has 0 aliphatic heterocycles. The van der Waals surface area contributed by atoms with Crippen molar-refractivity contribution in [3.63, 3.8) is 0 Å². The number of amides is 1. The molecule has 0 unspecified atom stereocenters. The van der Waals surface area contributed by atoms with Crippen LogP contribution in [0.3, 0.4) is 0 Å². The molecule has 0 spiro atoms. The van der Waals surface area contributed by atoms with Crippen molar-refractivity contribution >= 4 is 11.6 Å². The lowest BCUT2D eigenvalue weighted by atomic mass is 9.81. The molecule has 5 nitrogen and oxygen atoms in total. The van der Waals surface area contributed by atoms with Crippen LogP contribution >= 0.6 is 0 Å². The molecule has 1 aliphatic carbocycles. The predicted molar refractivity (Wildman–Crippen MR) is 84.4 cm³/mol. The number of nitrogens with zero attached hydrogens (tertiary/aromatic N) is 2. The van der Waals surface area contributed by atoms with Crippen molar-refractivity contribution in [3.05, 3.63) is 29.8 Å². The summed E-state index contributed by atoms with van der Waals surface area (Å²) in [6, 6.07) is 8.87. The highest BCUT2D eigenvalue weighted by Crippen LogP contribution is 2.25. The van der Waals surface area contributed by atoms with Crippen molar-refractivity contribution in [2.45, 2.75) is 33.1 Å². The van der Waals surface area contributed by atoms with Crippen LogP contribution in [-0.2, 0) is 4.79 Å². The number of rotatable bonds is 4. The zero-order valence-electron chi connectivity index (χ0n) is 13.0. The topological polar surface area (TPSA) is 74.5 Å². The van der Waals surface area contributed by atoms with E-state index in [1.54, 1.807) is 24.3 Å². The summed E-state index contributed by atoms with van der Waals surface area (Å²) < 4.78 is 5.38. The van der Waals surface area contributed by atoms with Crippen molar-refractivity contribution in [2.24, 2.45) is 16.9 Å². The molecule has 1 aromatic rings. The van der Waals surface area contributed by atoms with E-state index in [2.05, 4.69) is 24.4 Å². The molecule has 0 aromatic heterocycles. The Balaban J connectivity index is 1.89. The Bertz CT molecular complexity index is 592. The number of nitriles is 1. The highest BCUT2D eigenvalue weighted by atomic mass is 16.5. The molecule has 22 heavy (non-hydrogen) atoms. The summed E-state index contributed by atoms with van der Waals surface area (Å²) in [4.78, 5) is 11.8. The van der Waals surface area contributed by atoms with Gasteiger partial charge in [-0.15, -0.1) is 0 Å². The van der Waals surface area contributed by atoms with Crippen LogP contribution in [0.5, 0.6) is 5.75 Å². The third-order valence-corrected chi connectivity index (χ3v) is 3.96. The summed E-state index contributed by atoms with van der Waals surface area (Å²) in [5.41, 5.74) is 4.03. The van der Waals surface area contributed by atoms with Crippen LogP contribution in [0.15, 0.2) is 29.4 Å². The van der Waals surface area contributed by atoms with Gasteiger partial charge in [0.25, 0.3) is 5.91 Å². The van der Waals surface area contributed by atoms with Crippen LogP contribution in [0, 0.1) is 23.2 Å². The zero-order chi connectivity index (χ0) is 15.9. The van der Waals surface area contributed by atoms with Crippen molar-refractivity contribution in [2.75, 3.05) is 6.61 Å². The van der Waals surface area contributed by atoms with Gasteiger partial charge in [0.05, 0.1) is 5.56 Å². The van der Waals surface area contributed by atoms with E-state index in [0.717, 1.165) is 18.6 Å². The first-order valence-electron chi connectivity index (χ1n) is 7.60. The highest BCUT2D eigenvalue weighted by molar-refractivity contribution is 5.90. The lowest BCUT2D eigenvalue weighted by Crippen LogP contribution is -2.31. The van der Waals surface area contributed by atoms with E-state index < -0.39 is 0 Å². The van der Waals surface area contributed by atoms with Gasteiger partial charge in [-0.25, -0.2) is 5.43 Å². The Morgan fingerprint density at radius 2 is 2.05 bits per heavy atom. The molecule has 1 aliphatic rings. The molecular formula is C17H21N3O2. The standard InChI is InChI=1S/C17H21N3O2/c1-12-6-5-7-13(2)17(12)20-19-16(21)11-22-15-9-4-3-8-14(15)10-18/h3-4,8-9,12-13H,5-7,11H2,1-2H3,(H,19,21)/t12-,13-/m0/s1. The molecule has 2 rings (SSSR count). The molecule has 1 saturated carbocycles. The number of hydrazone groups is 1. The summed E-state index contributed by atoms with van der Waals surface area (Å²) in [5, 5.41) is 13.2. The van der Waals surface area contributed by atoms with E-state index >= 15 is 0 Å². The minimum Gasteiger partial charge on any atom is -0.482 e. The summed E-state index contributed by atoms with van der Waals surface area (Å²) in [6.07, 6.45) is 3.44. The quantitative estimate of drug-likeness (QED) is 0.869. The van der Waals surface area contributed by atoms with Crippen LogP contribution < -0.4 is 10.2 Å². The largest absolute Gasteiger partial charge is 0.482 e. The van der Waals surface area contributed by atoms with Crippen LogP contribution in [0.25, 0.3) is 0 Å². The lowest BCUT2D eigenvalue weighted by molar-refractivity contribution is -0.123. The Morgan fingerprint density at radius 3 is 2.73 bits per heavy atom.